The summed E-state index contributed by atoms with van der Waals surface area (Å²) in [7, 11) is -0.995. The quantitative estimate of drug-likeness (QED) is 0.206. The summed E-state index contributed by atoms with van der Waals surface area (Å²) in [5.74, 6) is -1.03. The molecule has 0 saturated carbocycles. The van der Waals surface area contributed by atoms with Crippen LogP contribution in [0.2, 0.25) is 23.2 Å². The number of esters is 1. The number of amides is 1. The first-order chi connectivity index (χ1) is 18.8. The van der Waals surface area contributed by atoms with Gasteiger partial charge in [-0.3, -0.25) is 4.79 Å². The number of nitrogens with zero attached hydrogens (tertiary/aromatic N) is 1. The summed E-state index contributed by atoms with van der Waals surface area (Å²) in [6, 6.07) is 11.7. The molecular formula is C31H46ClFN2O5Si. The molecule has 2 rings (SSSR count). The molecule has 2 aromatic rings. The van der Waals surface area contributed by atoms with E-state index in [1.807, 2.05) is 52.0 Å². The Balaban J connectivity index is 2.36. The van der Waals surface area contributed by atoms with Gasteiger partial charge in [0, 0.05) is 23.3 Å². The number of carbonyl (C=O) groups is 2. The molecule has 0 heterocycles. The molecule has 0 aromatic heterocycles. The van der Waals surface area contributed by atoms with Gasteiger partial charge < -0.3 is 24.1 Å². The van der Waals surface area contributed by atoms with Crippen LogP contribution in [0, 0.1) is 5.82 Å². The Hall–Kier alpha value is -2.62. The SMILES string of the molecule is COC(=O)Cc1ccc(NC[C@@H](C)N(C[C@H](O[Si](C)(C)C(C)(C)C)c2cccc(Cl)c2)C(=O)OC(C)(C)C)cc1F. The Morgan fingerprint density at radius 3 is 2.27 bits per heavy atom. The molecule has 10 heteroatoms. The number of rotatable bonds is 11. The maximum absolute atomic E-state index is 14.6. The summed E-state index contributed by atoms with van der Waals surface area (Å²) in [6.45, 7) is 18.8. The lowest BCUT2D eigenvalue weighted by Gasteiger charge is -2.41. The molecule has 41 heavy (non-hydrogen) atoms. The zero-order valence-corrected chi connectivity index (χ0v) is 27.8. The molecule has 0 bridgehead atoms. The molecule has 0 aliphatic heterocycles. The summed E-state index contributed by atoms with van der Waals surface area (Å²) in [5.41, 5.74) is 0.945. The fourth-order valence-electron chi connectivity index (χ4n) is 3.79. The van der Waals surface area contributed by atoms with E-state index in [-0.39, 0.29) is 29.6 Å². The molecule has 0 radical (unpaired) electrons. The van der Waals surface area contributed by atoms with Crippen molar-refractivity contribution in [2.45, 2.75) is 90.8 Å². The third-order valence-corrected chi connectivity index (χ3v) is 11.9. The zero-order valence-electron chi connectivity index (χ0n) is 26.1. The summed E-state index contributed by atoms with van der Waals surface area (Å²) in [4.78, 5) is 26.7. The Bertz CT molecular complexity index is 1200. The monoisotopic (exact) mass is 608 g/mol. The lowest BCUT2D eigenvalue weighted by molar-refractivity contribution is -0.139. The van der Waals surface area contributed by atoms with E-state index in [0.717, 1.165) is 5.56 Å². The fraction of sp³-hybridized carbons (Fsp3) is 0.548. The van der Waals surface area contributed by atoms with Crippen LogP contribution in [-0.4, -0.2) is 57.1 Å². The zero-order chi connectivity index (χ0) is 31.2. The Morgan fingerprint density at radius 1 is 1.07 bits per heavy atom. The fourth-order valence-corrected chi connectivity index (χ4v) is 5.26. The maximum atomic E-state index is 14.6. The number of carbonyl (C=O) groups excluding carboxylic acids is 2. The van der Waals surface area contributed by atoms with Crippen molar-refractivity contribution in [3.63, 3.8) is 0 Å². The molecule has 2 atom stereocenters. The molecule has 0 aliphatic rings. The third-order valence-electron chi connectivity index (χ3n) is 7.20. The van der Waals surface area contributed by atoms with Crippen LogP contribution >= 0.6 is 11.6 Å². The van der Waals surface area contributed by atoms with E-state index in [9.17, 15) is 14.0 Å². The minimum absolute atomic E-state index is 0.0577. The maximum Gasteiger partial charge on any atom is 0.410 e. The van der Waals surface area contributed by atoms with E-state index in [1.54, 1.807) is 17.0 Å². The van der Waals surface area contributed by atoms with Gasteiger partial charge in [-0.2, -0.15) is 0 Å². The Kier molecular flexibility index (Phi) is 11.8. The van der Waals surface area contributed by atoms with Crippen LogP contribution in [0.4, 0.5) is 14.9 Å². The highest BCUT2D eigenvalue weighted by Gasteiger charge is 2.41. The first-order valence-corrected chi connectivity index (χ1v) is 17.1. The molecule has 0 unspecified atom stereocenters. The average Bonchev–Trinajstić information content (AvgIpc) is 2.84. The Morgan fingerprint density at radius 2 is 1.73 bits per heavy atom. The summed E-state index contributed by atoms with van der Waals surface area (Å²) in [6.07, 6.45) is -1.07. The van der Waals surface area contributed by atoms with E-state index in [1.165, 1.54) is 13.2 Å². The summed E-state index contributed by atoms with van der Waals surface area (Å²) < 4.78 is 31.9. The second-order valence-electron chi connectivity index (χ2n) is 12.8. The molecule has 0 spiro atoms. The second kappa shape index (κ2) is 14.0. The van der Waals surface area contributed by atoms with Crippen molar-refractivity contribution in [3.05, 3.63) is 64.4 Å². The topological polar surface area (TPSA) is 77.1 Å². The molecule has 1 amide bonds. The average molecular weight is 609 g/mol. The standard InChI is InChI=1S/C31H46ClFN2O5Si/c1-21(19-34-25-15-14-22(26(33)18-25)17-28(36)38-8)35(29(37)39-30(2,3)4)20-27(23-12-11-13-24(32)16-23)40-41(9,10)31(5,6)7/h11-16,18,21,27,34H,17,19-20H2,1-10H3/t21-,27+/m1/s1. The molecule has 0 saturated heterocycles. The molecule has 1 N–H and O–H groups in total. The van der Waals surface area contributed by atoms with Crippen LogP contribution < -0.4 is 5.32 Å². The first-order valence-electron chi connectivity index (χ1n) is 13.8. The second-order valence-corrected chi connectivity index (χ2v) is 18.0. The van der Waals surface area contributed by atoms with E-state index < -0.39 is 37.9 Å². The summed E-state index contributed by atoms with van der Waals surface area (Å²) in [5, 5.41) is 3.74. The molecule has 0 aliphatic carbocycles. The van der Waals surface area contributed by atoms with Crippen molar-refractivity contribution in [3.8, 4) is 0 Å². The van der Waals surface area contributed by atoms with Gasteiger partial charge in [0.25, 0.3) is 0 Å². The van der Waals surface area contributed by atoms with Crippen molar-refractivity contribution in [1.29, 1.82) is 0 Å². The molecule has 0 fully saturated rings. The number of hydrogen-bond donors (Lipinski definition) is 1. The predicted octanol–water partition coefficient (Wildman–Crippen LogP) is 8.00. The third kappa shape index (κ3) is 10.6. The van der Waals surface area contributed by atoms with Gasteiger partial charge in [-0.05, 0) is 81.2 Å². The van der Waals surface area contributed by atoms with Gasteiger partial charge in [0.1, 0.15) is 11.4 Å². The van der Waals surface area contributed by atoms with Gasteiger partial charge in [-0.15, -0.1) is 0 Å². The number of methoxy groups -OCH3 is 1. The minimum atomic E-state index is -2.26. The van der Waals surface area contributed by atoms with Gasteiger partial charge in [0.05, 0.1) is 26.2 Å². The number of hydrogen-bond acceptors (Lipinski definition) is 6. The van der Waals surface area contributed by atoms with Gasteiger partial charge in [0.15, 0.2) is 8.32 Å². The van der Waals surface area contributed by atoms with Gasteiger partial charge in [0.2, 0.25) is 0 Å². The highest BCUT2D eigenvalue weighted by molar-refractivity contribution is 6.74. The Labute approximate surface area is 250 Å². The predicted molar refractivity (Wildman–Crippen MR) is 165 cm³/mol. The van der Waals surface area contributed by atoms with Crippen LogP contribution in [0.1, 0.15) is 65.7 Å². The number of benzene rings is 2. The van der Waals surface area contributed by atoms with Gasteiger partial charge >= 0.3 is 12.1 Å². The van der Waals surface area contributed by atoms with Crippen LogP contribution in [0.3, 0.4) is 0 Å². The van der Waals surface area contributed by atoms with Crippen LogP contribution in [0.25, 0.3) is 0 Å². The molecule has 2 aromatic carbocycles. The first kappa shape index (κ1) is 34.6. The largest absolute Gasteiger partial charge is 0.469 e. The summed E-state index contributed by atoms with van der Waals surface area (Å²) >= 11 is 6.36. The van der Waals surface area contributed by atoms with Crippen molar-refractivity contribution >= 4 is 37.7 Å². The minimum Gasteiger partial charge on any atom is -0.469 e. The normalized spacial score (nSPS) is 13.8. The van der Waals surface area contributed by atoms with Gasteiger partial charge in [-0.1, -0.05) is 50.6 Å². The smallest absolute Gasteiger partial charge is 0.410 e. The van der Waals surface area contributed by atoms with Crippen LogP contribution in [-0.2, 0) is 25.1 Å². The number of halogens is 2. The van der Waals surface area contributed by atoms with Gasteiger partial charge in [-0.25, -0.2) is 9.18 Å². The van der Waals surface area contributed by atoms with Crippen molar-refractivity contribution < 1.29 is 27.9 Å². The number of nitrogens with one attached hydrogen (secondary N) is 1. The number of ether oxygens (including phenoxy) is 2. The number of anilines is 1. The van der Waals surface area contributed by atoms with E-state index in [2.05, 4.69) is 43.9 Å². The van der Waals surface area contributed by atoms with Crippen molar-refractivity contribution in [2.24, 2.45) is 0 Å². The molecule has 7 nitrogen and oxygen atoms in total. The lowest BCUT2D eigenvalue weighted by atomic mass is 10.1. The van der Waals surface area contributed by atoms with E-state index in [0.29, 0.717) is 17.3 Å². The van der Waals surface area contributed by atoms with Crippen LogP contribution in [0.15, 0.2) is 42.5 Å². The van der Waals surface area contributed by atoms with Crippen LogP contribution in [0.5, 0.6) is 0 Å². The highest BCUT2D eigenvalue weighted by atomic mass is 35.5. The lowest BCUT2D eigenvalue weighted by Crippen LogP contribution is -2.49. The highest BCUT2D eigenvalue weighted by Crippen LogP contribution is 2.40. The van der Waals surface area contributed by atoms with E-state index in [4.69, 9.17) is 20.8 Å². The molecule has 228 valence electrons. The van der Waals surface area contributed by atoms with E-state index >= 15 is 0 Å². The van der Waals surface area contributed by atoms with Crippen molar-refractivity contribution in [1.82, 2.24) is 4.90 Å². The molecular weight excluding hydrogens is 563 g/mol. The van der Waals surface area contributed by atoms with Crippen molar-refractivity contribution in [2.75, 3.05) is 25.5 Å².